The molecule has 2 aromatic rings. The highest BCUT2D eigenvalue weighted by Crippen LogP contribution is 2.47. The predicted molar refractivity (Wildman–Crippen MR) is 96.6 cm³/mol. The van der Waals surface area contributed by atoms with Gasteiger partial charge in [0.1, 0.15) is 17.3 Å². The van der Waals surface area contributed by atoms with Crippen LogP contribution in [0.5, 0.6) is 0 Å². The number of aromatic nitrogens is 1. The van der Waals surface area contributed by atoms with Gasteiger partial charge in [-0.25, -0.2) is 0 Å². The minimum Gasteiger partial charge on any atom is -0.468 e. The second kappa shape index (κ2) is 6.03. The first-order valence-corrected chi connectivity index (χ1v) is 8.36. The summed E-state index contributed by atoms with van der Waals surface area (Å²) >= 11 is 0. The number of carbonyl (C=O) groups excluding carboxylic acids is 2. The van der Waals surface area contributed by atoms with Gasteiger partial charge in [0.15, 0.2) is 0 Å². The summed E-state index contributed by atoms with van der Waals surface area (Å²) in [6.07, 6.45) is 1.58. The Hall–Kier alpha value is -3.07. The lowest BCUT2D eigenvalue weighted by molar-refractivity contribution is -0.147. The molecule has 6 heteroatoms. The molecule has 0 spiro atoms. The number of nitrogens with one attached hydrogen (secondary N) is 1. The number of amides is 1. The molecular formula is C20H21N3O3. The quantitative estimate of drug-likeness (QED) is 0.843. The summed E-state index contributed by atoms with van der Waals surface area (Å²) in [7, 11) is 1.30. The number of hydrogen-bond acceptors (Lipinski definition) is 4. The molecule has 0 fully saturated rings. The summed E-state index contributed by atoms with van der Waals surface area (Å²) in [4.78, 5) is 25.6. The zero-order valence-electron chi connectivity index (χ0n) is 15.3. The molecule has 26 heavy (non-hydrogen) atoms. The van der Waals surface area contributed by atoms with E-state index in [1.54, 1.807) is 30.5 Å². The van der Waals surface area contributed by atoms with Crippen LogP contribution >= 0.6 is 0 Å². The third kappa shape index (κ3) is 2.48. The van der Waals surface area contributed by atoms with Crippen LogP contribution in [0.2, 0.25) is 0 Å². The normalized spacial score (nSPS) is 19.3. The first-order valence-electron chi connectivity index (χ1n) is 8.36. The number of nitrogens with zero attached hydrogens (tertiary/aromatic N) is 2. The van der Waals surface area contributed by atoms with Gasteiger partial charge in [0.2, 0.25) is 5.91 Å². The van der Waals surface area contributed by atoms with Crippen molar-refractivity contribution in [1.82, 2.24) is 4.57 Å². The van der Waals surface area contributed by atoms with Crippen molar-refractivity contribution in [2.24, 2.45) is 0 Å². The average Bonchev–Trinajstić information content (AvgIpc) is 3.00. The van der Waals surface area contributed by atoms with Crippen molar-refractivity contribution in [3.8, 4) is 6.07 Å². The van der Waals surface area contributed by atoms with Crippen LogP contribution in [-0.2, 0) is 25.3 Å². The molecule has 1 aliphatic rings. The third-order valence-electron chi connectivity index (χ3n) is 4.76. The van der Waals surface area contributed by atoms with Crippen molar-refractivity contribution in [3.63, 3.8) is 0 Å². The maximum atomic E-state index is 13.0. The summed E-state index contributed by atoms with van der Waals surface area (Å²) in [5, 5.41) is 12.6. The van der Waals surface area contributed by atoms with Crippen molar-refractivity contribution in [1.29, 1.82) is 5.26 Å². The van der Waals surface area contributed by atoms with Crippen LogP contribution in [0.15, 0.2) is 36.5 Å². The number of ether oxygens (including phenoxy) is 1. The minimum absolute atomic E-state index is 0.112. The fourth-order valence-corrected chi connectivity index (χ4v) is 3.62. The van der Waals surface area contributed by atoms with E-state index in [9.17, 15) is 14.9 Å². The largest absolute Gasteiger partial charge is 0.468 e. The Balaban J connectivity index is 2.44. The first-order chi connectivity index (χ1) is 12.3. The third-order valence-corrected chi connectivity index (χ3v) is 4.76. The van der Waals surface area contributed by atoms with Crippen LogP contribution in [0.3, 0.4) is 0 Å². The van der Waals surface area contributed by atoms with Gasteiger partial charge < -0.3 is 14.6 Å². The van der Waals surface area contributed by atoms with Crippen LogP contribution in [0.25, 0.3) is 0 Å². The van der Waals surface area contributed by atoms with E-state index >= 15 is 0 Å². The van der Waals surface area contributed by atoms with E-state index in [-0.39, 0.29) is 17.9 Å². The molecule has 3 rings (SSSR count). The summed E-state index contributed by atoms with van der Waals surface area (Å²) in [5.41, 5.74) is -0.264. The molecule has 0 saturated heterocycles. The summed E-state index contributed by atoms with van der Waals surface area (Å²) in [5.74, 6) is -0.373. The van der Waals surface area contributed by atoms with Gasteiger partial charge in [-0.05, 0) is 26.3 Å². The Morgan fingerprint density at radius 2 is 1.96 bits per heavy atom. The van der Waals surface area contributed by atoms with E-state index in [4.69, 9.17) is 4.74 Å². The monoisotopic (exact) mass is 351 g/mol. The van der Waals surface area contributed by atoms with E-state index in [0.29, 0.717) is 22.5 Å². The molecular weight excluding hydrogens is 330 g/mol. The van der Waals surface area contributed by atoms with Gasteiger partial charge in [0, 0.05) is 17.3 Å². The Kier molecular flexibility index (Phi) is 4.11. The number of methoxy groups -OCH3 is 1. The number of benzene rings is 1. The number of hydrogen-bond donors (Lipinski definition) is 1. The van der Waals surface area contributed by atoms with Crippen molar-refractivity contribution >= 4 is 17.7 Å². The van der Waals surface area contributed by atoms with Crippen molar-refractivity contribution in [3.05, 3.63) is 53.2 Å². The van der Waals surface area contributed by atoms with E-state index in [0.717, 1.165) is 0 Å². The lowest BCUT2D eigenvalue weighted by atomic mass is 9.69. The molecule has 6 nitrogen and oxygen atoms in total. The molecule has 0 radical (unpaired) electrons. The SMILES string of the molecule is COC(=O)C1(c2ccccc2)CC(=O)Nc2c1c(C#N)cn2C(C)(C)C. The van der Waals surface area contributed by atoms with E-state index in [1.807, 2.05) is 31.4 Å². The smallest absolute Gasteiger partial charge is 0.321 e. The molecule has 1 unspecified atom stereocenters. The highest BCUT2D eigenvalue weighted by molar-refractivity contribution is 6.04. The molecule has 1 atom stereocenters. The van der Waals surface area contributed by atoms with Crippen LogP contribution in [0.4, 0.5) is 5.82 Å². The van der Waals surface area contributed by atoms with Gasteiger partial charge in [-0.1, -0.05) is 30.3 Å². The molecule has 1 N–H and O–H groups in total. The lowest BCUT2D eigenvalue weighted by Crippen LogP contribution is -2.46. The van der Waals surface area contributed by atoms with Gasteiger partial charge in [0.05, 0.1) is 19.1 Å². The standard InChI is InChI=1S/C20H21N3O3/c1-19(2,3)23-12-13(11-21)16-17(23)22-15(24)10-20(16,18(25)26-4)14-8-6-5-7-9-14/h5-9,12H,10H2,1-4H3,(H,22,24). The van der Waals surface area contributed by atoms with Crippen molar-refractivity contribution < 1.29 is 14.3 Å². The summed E-state index contributed by atoms with van der Waals surface area (Å²) in [6.45, 7) is 5.91. The zero-order valence-corrected chi connectivity index (χ0v) is 15.3. The van der Waals surface area contributed by atoms with Crippen LogP contribution < -0.4 is 5.32 Å². The number of nitriles is 1. The molecule has 1 aromatic heterocycles. The number of anilines is 1. The fourth-order valence-electron chi connectivity index (χ4n) is 3.62. The minimum atomic E-state index is -1.35. The second-order valence-electron chi connectivity index (χ2n) is 7.41. The number of carbonyl (C=O) groups is 2. The maximum Gasteiger partial charge on any atom is 0.321 e. The van der Waals surface area contributed by atoms with Gasteiger partial charge in [-0.15, -0.1) is 0 Å². The summed E-state index contributed by atoms with van der Waals surface area (Å²) in [6, 6.07) is 11.2. The topological polar surface area (TPSA) is 84.1 Å². The molecule has 2 heterocycles. The molecule has 1 amide bonds. The Labute approximate surface area is 152 Å². The van der Waals surface area contributed by atoms with Crippen LogP contribution in [0.1, 0.15) is 43.9 Å². The van der Waals surface area contributed by atoms with Gasteiger partial charge in [-0.2, -0.15) is 5.26 Å². The average molecular weight is 351 g/mol. The van der Waals surface area contributed by atoms with Gasteiger partial charge >= 0.3 is 5.97 Å². The van der Waals surface area contributed by atoms with E-state index in [1.165, 1.54) is 7.11 Å². The fraction of sp³-hybridized carbons (Fsp3) is 0.350. The van der Waals surface area contributed by atoms with Gasteiger partial charge in [-0.3, -0.25) is 9.59 Å². The predicted octanol–water partition coefficient (Wildman–Crippen LogP) is 2.92. The number of esters is 1. The Bertz CT molecular complexity index is 916. The van der Waals surface area contributed by atoms with Crippen LogP contribution in [-0.4, -0.2) is 23.6 Å². The van der Waals surface area contributed by atoms with E-state index in [2.05, 4.69) is 11.4 Å². The van der Waals surface area contributed by atoms with E-state index < -0.39 is 11.4 Å². The molecule has 0 aliphatic carbocycles. The highest BCUT2D eigenvalue weighted by atomic mass is 16.5. The molecule has 134 valence electrons. The molecule has 0 bridgehead atoms. The number of fused-ring (bicyclic) bond motifs is 1. The van der Waals surface area contributed by atoms with Crippen molar-refractivity contribution in [2.45, 2.75) is 38.1 Å². The zero-order chi connectivity index (χ0) is 19.1. The second-order valence-corrected chi connectivity index (χ2v) is 7.41. The van der Waals surface area contributed by atoms with Crippen LogP contribution in [0, 0.1) is 11.3 Å². The van der Waals surface area contributed by atoms with Crippen molar-refractivity contribution in [2.75, 3.05) is 12.4 Å². The maximum absolute atomic E-state index is 13.0. The highest BCUT2D eigenvalue weighted by Gasteiger charge is 2.52. The molecule has 0 saturated carbocycles. The van der Waals surface area contributed by atoms with Gasteiger partial charge in [0.25, 0.3) is 0 Å². The summed E-state index contributed by atoms with van der Waals surface area (Å²) < 4.78 is 6.94. The lowest BCUT2D eigenvalue weighted by Gasteiger charge is -2.36. The molecule has 1 aliphatic heterocycles. The Morgan fingerprint density at radius 1 is 1.31 bits per heavy atom. The molecule has 1 aromatic carbocycles. The Morgan fingerprint density at radius 3 is 2.50 bits per heavy atom. The number of rotatable bonds is 2. The first kappa shape index (κ1) is 17.7.